The van der Waals surface area contributed by atoms with Gasteiger partial charge < -0.3 is 14.7 Å². The fraction of sp³-hybridized carbons (Fsp3) is 1.00. The molecule has 140 valence electrons. The Balaban J connectivity index is 4.40. The van der Waals surface area contributed by atoms with Crippen LogP contribution in [0.15, 0.2) is 0 Å². The van der Waals surface area contributed by atoms with Gasteiger partial charge in [0, 0.05) is 19.4 Å². The first kappa shape index (κ1) is 22.4. The Bertz CT molecular complexity index is 468. The molecule has 12 heteroatoms. The number of alkyl halides is 5. The normalized spacial score (nSPS) is 15.7. The van der Waals surface area contributed by atoms with Gasteiger partial charge in [0.05, 0.1) is 39.9 Å². The predicted octanol–water partition coefficient (Wildman–Crippen LogP) is 0.271. The molecule has 6 nitrogen and oxygen atoms in total. The smallest absolute Gasteiger partial charge is 0.394 e. The molecule has 0 heterocycles. The van der Waals surface area contributed by atoms with Crippen molar-refractivity contribution in [3.63, 3.8) is 0 Å². The third-order valence-corrected chi connectivity index (χ3v) is 4.67. The summed E-state index contributed by atoms with van der Waals surface area (Å²) in [6.45, 7) is -0.296. The number of aliphatic hydroxyl groups excluding tert-OH is 2. The van der Waals surface area contributed by atoms with E-state index in [1.54, 1.807) is 14.1 Å². The third-order valence-electron chi connectivity index (χ3n) is 3.18. The van der Waals surface area contributed by atoms with Crippen LogP contribution >= 0.6 is 0 Å². The van der Waals surface area contributed by atoms with E-state index in [4.69, 9.17) is 5.11 Å². The summed E-state index contributed by atoms with van der Waals surface area (Å²) in [5, 5.41) is 12.1. The number of nitrogens with one attached hydrogen (secondary N) is 1. The molecular formula is C11H22F5N2O4S+. The van der Waals surface area contributed by atoms with Crippen LogP contribution in [0, 0.1) is 0 Å². The number of quaternary nitrogens is 1. The molecule has 0 aromatic carbocycles. The Morgan fingerprint density at radius 2 is 1.65 bits per heavy atom. The summed E-state index contributed by atoms with van der Waals surface area (Å²) in [6, 6.07) is 0. The number of rotatable bonds is 10. The molecular weight excluding hydrogens is 351 g/mol. The lowest BCUT2D eigenvalue weighted by molar-refractivity contribution is -0.891. The molecule has 0 aliphatic heterocycles. The largest absolute Gasteiger partial charge is 0.470 e. The lowest BCUT2D eigenvalue weighted by atomic mass is 10.2. The molecule has 0 spiro atoms. The number of hydrogen-bond donors (Lipinski definition) is 3. The number of aliphatic hydroxyl groups is 2. The lowest BCUT2D eigenvalue weighted by Crippen LogP contribution is -2.50. The highest BCUT2D eigenvalue weighted by atomic mass is 32.2. The second kappa shape index (κ2) is 8.01. The Hall–Kier alpha value is -0.560. The zero-order valence-corrected chi connectivity index (χ0v) is 13.6. The summed E-state index contributed by atoms with van der Waals surface area (Å²) in [7, 11) is -2.43. The minimum absolute atomic E-state index is 0.0232. The first-order chi connectivity index (χ1) is 10.2. The molecule has 1 atom stereocenters. The van der Waals surface area contributed by atoms with E-state index in [1.165, 1.54) is 4.72 Å². The molecule has 0 rings (SSSR count). The van der Waals surface area contributed by atoms with Gasteiger partial charge in [-0.15, -0.1) is 0 Å². The first-order valence-electron chi connectivity index (χ1n) is 6.71. The molecule has 1 unspecified atom stereocenters. The summed E-state index contributed by atoms with van der Waals surface area (Å²) >= 11 is 0. The summed E-state index contributed by atoms with van der Waals surface area (Å²) in [5.74, 6) is 0. The van der Waals surface area contributed by atoms with Gasteiger partial charge in [-0.25, -0.2) is 13.1 Å². The van der Waals surface area contributed by atoms with Gasteiger partial charge in [0.2, 0.25) is 0 Å². The van der Waals surface area contributed by atoms with E-state index in [0.29, 0.717) is 6.54 Å². The van der Waals surface area contributed by atoms with E-state index in [9.17, 15) is 35.5 Å². The zero-order chi connectivity index (χ0) is 18.5. The van der Waals surface area contributed by atoms with Crippen molar-refractivity contribution in [1.29, 1.82) is 0 Å². The molecule has 0 saturated heterocycles. The fourth-order valence-electron chi connectivity index (χ4n) is 1.66. The Labute approximate surface area is 131 Å². The molecule has 0 bridgehead atoms. The van der Waals surface area contributed by atoms with Crippen LogP contribution in [0.2, 0.25) is 0 Å². The van der Waals surface area contributed by atoms with Crippen molar-refractivity contribution < 1.29 is 45.1 Å². The van der Waals surface area contributed by atoms with Crippen molar-refractivity contribution in [1.82, 2.24) is 4.72 Å². The van der Waals surface area contributed by atoms with Gasteiger partial charge in [0.25, 0.3) is 10.0 Å². The third kappa shape index (κ3) is 6.83. The second-order valence-corrected chi connectivity index (χ2v) is 7.58. The van der Waals surface area contributed by atoms with E-state index < -0.39 is 40.7 Å². The molecule has 0 amide bonds. The van der Waals surface area contributed by atoms with Crippen LogP contribution in [0.3, 0.4) is 0 Å². The Morgan fingerprint density at radius 3 is 2.09 bits per heavy atom. The van der Waals surface area contributed by atoms with Gasteiger partial charge in [0.1, 0.15) is 0 Å². The van der Waals surface area contributed by atoms with Crippen molar-refractivity contribution in [2.45, 2.75) is 30.4 Å². The van der Waals surface area contributed by atoms with Gasteiger partial charge in [-0.3, -0.25) is 0 Å². The minimum atomic E-state index is -6.19. The molecule has 0 saturated carbocycles. The van der Waals surface area contributed by atoms with Crippen molar-refractivity contribution in [2.75, 3.05) is 40.3 Å². The maximum absolute atomic E-state index is 12.8. The van der Waals surface area contributed by atoms with E-state index >= 15 is 0 Å². The summed E-state index contributed by atoms with van der Waals surface area (Å²) in [5.41, 5.74) is 0. The van der Waals surface area contributed by atoms with Gasteiger partial charge in [-0.2, -0.15) is 22.0 Å². The Morgan fingerprint density at radius 1 is 1.13 bits per heavy atom. The van der Waals surface area contributed by atoms with Crippen LogP contribution in [-0.2, 0) is 10.0 Å². The maximum atomic E-state index is 12.8. The van der Waals surface area contributed by atoms with Crippen LogP contribution in [0.4, 0.5) is 22.0 Å². The number of hydrogen-bond acceptors (Lipinski definition) is 4. The Kier molecular flexibility index (Phi) is 7.82. The van der Waals surface area contributed by atoms with Crippen molar-refractivity contribution in [3.05, 3.63) is 0 Å². The molecule has 3 N–H and O–H groups in total. The highest BCUT2D eigenvalue weighted by Crippen LogP contribution is 2.39. The van der Waals surface area contributed by atoms with Crippen LogP contribution < -0.4 is 4.72 Å². The van der Waals surface area contributed by atoms with E-state index in [1.807, 2.05) is 0 Å². The standard InChI is InChI=1S/C11H22F5N2O4S/c1-18(2,7-4-9(20)8-19)6-3-5-17-23(21,22)11(15,16)10(12,13)14/h9,17,19-20H,3-8H2,1-2H3/q+1. The zero-order valence-electron chi connectivity index (χ0n) is 12.8. The summed E-state index contributed by atoms with van der Waals surface area (Å²) < 4.78 is 85.2. The molecule has 0 aliphatic rings. The van der Waals surface area contributed by atoms with Gasteiger partial charge >= 0.3 is 11.4 Å². The summed E-state index contributed by atoms with van der Waals surface area (Å²) in [6.07, 6.45) is -6.80. The lowest BCUT2D eigenvalue weighted by Gasteiger charge is -2.30. The highest BCUT2D eigenvalue weighted by molar-refractivity contribution is 7.90. The predicted molar refractivity (Wildman–Crippen MR) is 72.1 cm³/mol. The van der Waals surface area contributed by atoms with Crippen LogP contribution in [0.5, 0.6) is 0 Å². The summed E-state index contributed by atoms with van der Waals surface area (Å²) in [4.78, 5) is 0. The van der Waals surface area contributed by atoms with E-state index in [0.717, 1.165) is 0 Å². The van der Waals surface area contributed by atoms with Gasteiger partial charge in [0.15, 0.2) is 0 Å². The van der Waals surface area contributed by atoms with Gasteiger partial charge in [-0.05, 0) is 0 Å². The minimum Gasteiger partial charge on any atom is -0.394 e. The van der Waals surface area contributed by atoms with Crippen molar-refractivity contribution in [2.24, 2.45) is 0 Å². The van der Waals surface area contributed by atoms with E-state index in [2.05, 4.69) is 0 Å². The monoisotopic (exact) mass is 373 g/mol. The van der Waals surface area contributed by atoms with Crippen LogP contribution in [0.1, 0.15) is 12.8 Å². The average molecular weight is 373 g/mol. The number of nitrogens with zero attached hydrogens (tertiary/aromatic N) is 1. The molecule has 0 fully saturated rings. The van der Waals surface area contributed by atoms with Crippen LogP contribution in [0.25, 0.3) is 0 Å². The van der Waals surface area contributed by atoms with E-state index in [-0.39, 0.29) is 23.9 Å². The maximum Gasteiger partial charge on any atom is 0.470 e. The highest BCUT2D eigenvalue weighted by Gasteiger charge is 2.67. The van der Waals surface area contributed by atoms with Gasteiger partial charge in [-0.1, -0.05) is 0 Å². The molecule has 0 aromatic heterocycles. The molecule has 0 aromatic rings. The number of halogens is 5. The molecule has 23 heavy (non-hydrogen) atoms. The van der Waals surface area contributed by atoms with Crippen molar-refractivity contribution in [3.8, 4) is 0 Å². The molecule has 0 radical (unpaired) electrons. The van der Waals surface area contributed by atoms with Crippen LogP contribution in [-0.4, -0.2) is 81.0 Å². The fourth-order valence-corrected chi connectivity index (χ4v) is 2.56. The quantitative estimate of drug-likeness (QED) is 0.292. The van der Waals surface area contributed by atoms with Crippen molar-refractivity contribution >= 4 is 10.0 Å². The average Bonchev–Trinajstić information content (AvgIpc) is 2.39. The molecule has 0 aliphatic carbocycles. The number of sulfonamides is 1. The first-order valence-corrected chi connectivity index (χ1v) is 8.19. The topological polar surface area (TPSA) is 86.6 Å². The second-order valence-electron chi connectivity index (χ2n) is 5.77. The SMILES string of the molecule is C[N+](C)(CCCNS(=O)(=O)C(F)(F)C(F)(F)F)CCC(O)CO.